The second kappa shape index (κ2) is 8.87. The zero-order chi connectivity index (χ0) is 19.9. The second-order valence-corrected chi connectivity index (χ2v) is 6.47. The summed E-state index contributed by atoms with van der Waals surface area (Å²) in [5, 5.41) is 10.4. The number of phenols is 1. The Hall–Kier alpha value is -3.59. The van der Waals surface area contributed by atoms with E-state index in [1.54, 1.807) is 18.2 Å². The molecule has 0 aliphatic rings. The molecule has 0 unspecified atom stereocenters. The minimum absolute atomic E-state index is 0.155. The van der Waals surface area contributed by atoms with Gasteiger partial charge in [-0.15, -0.1) is 0 Å². The lowest BCUT2D eigenvalue weighted by molar-refractivity contribution is 0.104. The van der Waals surface area contributed by atoms with Gasteiger partial charge >= 0.3 is 0 Å². The molecule has 0 atom stereocenters. The van der Waals surface area contributed by atoms with Crippen LogP contribution in [0, 0.1) is 6.92 Å². The zero-order valence-electron chi connectivity index (χ0n) is 15.9. The SMILES string of the molecule is COc1cc(/C=C/c2ccc(C)cc2)cc(C(=O)/C=C/c2ccccc2)c1O. The number of aryl methyl sites for hydroxylation is 1. The van der Waals surface area contributed by atoms with Gasteiger partial charge in [-0.05, 0) is 41.8 Å². The van der Waals surface area contributed by atoms with Crippen LogP contribution in [0.15, 0.2) is 72.8 Å². The fourth-order valence-corrected chi connectivity index (χ4v) is 2.76. The average Bonchev–Trinajstić information content (AvgIpc) is 2.73. The molecule has 3 rings (SSSR count). The van der Waals surface area contributed by atoms with Crippen LogP contribution in [-0.4, -0.2) is 18.0 Å². The molecule has 0 heterocycles. The van der Waals surface area contributed by atoms with E-state index in [4.69, 9.17) is 4.74 Å². The lowest BCUT2D eigenvalue weighted by Gasteiger charge is -2.09. The van der Waals surface area contributed by atoms with Crippen LogP contribution < -0.4 is 4.74 Å². The summed E-state index contributed by atoms with van der Waals surface area (Å²) in [7, 11) is 1.47. The van der Waals surface area contributed by atoms with Crippen LogP contribution in [0.3, 0.4) is 0 Å². The van der Waals surface area contributed by atoms with Gasteiger partial charge in [-0.1, -0.05) is 78.4 Å². The van der Waals surface area contributed by atoms with E-state index in [0.29, 0.717) is 0 Å². The number of hydrogen-bond acceptors (Lipinski definition) is 3. The predicted octanol–water partition coefficient (Wildman–Crippen LogP) is 5.78. The highest BCUT2D eigenvalue weighted by atomic mass is 16.5. The van der Waals surface area contributed by atoms with Crippen LogP contribution in [0.25, 0.3) is 18.2 Å². The molecule has 0 spiro atoms. The summed E-state index contributed by atoms with van der Waals surface area (Å²) in [6, 6.07) is 21.0. The number of ether oxygens (including phenoxy) is 1. The Morgan fingerprint density at radius 1 is 0.857 bits per heavy atom. The molecular weight excluding hydrogens is 348 g/mol. The molecule has 0 radical (unpaired) electrons. The summed E-state index contributed by atoms with van der Waals surface area (Å²) in [6.45, 7) is 2.04. The number of hydrogen-bond donors (Lipinski definition) is 1. The number of carbonyl (C=O) groups excluding carboxylic acids is 1. The third kappa shape index (κ3) is 4.77. The molecule has 0 bridgehead atoms. The molecule has 0 saturated heterocycles. The van der Waals surface area contributed by atoms with E-state index in [2.05, 4.69) is 0 Å². The molecule has 3 heteroatoms. The smallest absolute Gasteiger partial charge is 0.189 e. The van der Waals surface area contributed by atoms with Gasteiger partial charge in [0.05, 0.1) is 12.7 Å². The van der Waals surface area contributed by atoms with E-state index in [0.717, 1.165) is 16.7 Å². The van der Waals surface area contributed by atoms with Crippen molar-refractivity contribution in [1.29, 1.82) is 0 Å². The molecule has 0 saturated carbocycles. The van der Waals surface area contributed by atoms with E-state index in [1.165, 1.54) is 18.7 Å². The van der Waals surface area contributed by atoms with E-state index >= 15 is 0 Å². The van der Waals surface area contributed by atoms with Crippen LogP contribution in [-0.2, 0) is 0 Å². The molecule has 0 fully saturated rings. The van der Waals surface area contributed by atoms with E-state index in [-0.39, 0.29) is 22.8 Å². The van der Waals surface area contributed by atoms with Crippen LogP contribution in [0.1, 0.15) is 32.6 Å². The van der Waals surface area contributed by atoms with Crippen LogP contribution >= 0.6 is 0 Å². The van der Waals surface area contributed by atoms with E-state index < -0.39 is 0 Å². The Balaban J connectivity index is 1.90. The summed E-state index contributed by atoms with van der Waals surface area (Å²) < 4.78 is 5.25. The molecule has 140 valence electrons. The number of aromatic hydroxyl groups is 1. The first-order chi connectivity index (χ1) is 13.6. The van der Waals surface area contributed by atoms with Gasteiger partial charge in [0.15, 0.2) is 17.3 Å². The van der Waals surface area contributed by atoms with Crippen molar-refractivity contribution in [2.45, 2.75) is 6.92 Å². The average molecular weight is 370 g/mol. The molecule has 28 heavy (non-hydrogen) atoms. The molecule has 3 nitrogen and oxygen atoms in total. The van der Waals surface area contributed by atoms with Crippen molar-refractivity contribution in [3.8, 4) is 11.5 Å². The molecule has 3 aromatic carbocycles. The molecule has 0 aromatic heterocycles. The third-order valence-corrected chi connectivity index (χ3v) is 4.35. The van der Waals surface area contributed by atoms with E-state index in [1.807, 2.05) is 73.7 Å². The number of phenolic OH excluding ortho intramolecular Hbond substituents is 1. The van der Waals surface area contributed by atoms with Gasteiger partial charge in [-0.3, -0.25) is 4.79 Å². The third-order valence-electron chi connectivity index (χ3n) is 4.35. The molecule has 0 aliphatic heterocycles. The minimum Gasteiger partial charge on any atom is -0.504 e. The lowest BCUT2D eigenvalue weighted by Crippen LogP contribution is -1.98. The first kappa shape index (κ1) is 19.2. The largest absolute Gasteiger partial charge is 0.504 e. The number of ketones is 1. The first-order valence-corrected chi connectivity index (χ1v) is 9.00. The van der Waals surface area contributed by atoms with Crippen LogP contribution in [0.4, 0.5) is 0 Å². The molecular formula is C25H22O3. The van der Waals surface area contributed by atoms with Crippen LogP contribution in [0.2, 0.25) is 0 Å². The summed E-state index contributed by atoms with van der Waals surface area (Å²) in [5.74, 6) is -0.176. The second-order valence-electron chi connectivity index (χ2n) is 6.47. The molecule has 0 amide bonds. The minimum atomic E-state index is -0.287. The fourth-order valence-electron chi connectivity index (χ4n) is 2.76. The Bertz CT molecular complexity index is 1010. The van der Waals surface area contributed by atoms with Crippen molar-refractivity contribution in [1.82, 2.24) is 0 Å². The predicted molar refractivity (Wildman–Crippen MR) is 115 cm³/mol. The Morgan fingerprint density at radius 3 is 2.18 bits per heavy atom. The van der Waals surface area contributed by atoms with Crippen molar-refractivity contribution in [2.24, 2.45) is 0 Å². The van der Waals surface area contributed by atoms with Gasteiger partial charge in [0.2, 0.25) is 0 Å². The quantitative estimate of drug-likeness (QED) is 0.340. The van der Waals surface area contributed by atoms with Crippen molar-refractivity contribution in [3.05, 3.63) is 101 Å². The Labute approximate surface area is 165 Å². The van der Waals surface area contributed by atoms with Crippen molar-refractivity contribution < 1.29 is 14.6 Å². The van der Waals surface area contributed by atoms with Crippen molar-refractivity contribution >= 4 is 24.0 Å². The van der Waals surface area contributed by atoms with Gasteiger partial charge in [-0.2, -0.15) is 0 Å². The topological polar surface area (TPSA) is 46.5 Å². The summed E-state index contributed by atoms with van der Waals surface area (Å²) in [5.41, 5.74) is 4.13. The highest BCUT2D eigenvalue weighted by Gasteiger charge is 2.14. The standard InChI is InChI=1S/C25H22O3/c1-18-8-10-20(11-9-18)12-13-21-16-22(25(27)24(17-21)28-2)23(26)15-14-19-6-4-3-5-7-19/h3-17,27H,1-2H3/b13-12+,15-14+. The maximum Gasteiger partial charge on any atom is 0.189 e. The number of allylic oxidation sites excluding steroid dienone is 1. The Morgan fingerprint density at radius 2 is 1.50 bits per heavy atom. The number of methoxy groups -OCH3 is 1. The monoisotopic (exact) mass is 370 g/mol. The number of rotatable bonds is 6. The van der Waals surface area contributed by atoms with Crippen molar-refractivity contribution in [2.75, 3.05) is 7.11 Å². The van der Waals surface area contributed by atoms with E-state index in [9.17, 15) is 9.90 Å². The van der Waals surface area contributed by atoms with Gasteiger partial charge in [0, 0.05) is 0 Å². The highest BCUT2D eigenvalue weighted by molar-refractivity contribution is 6.09. The molecule has 0 aliphatic carbocycles. The highest BCUT2D eigenvalue weighted by Crippen LogP contribution is 2.33. The number of benzene rings is 3. The van der Waals surface area contributed by atoms with Crippen molar-refractivity contribution in [3.63, 3.8) is 0 Å². The van der Waals surface area contributed by atoms with Gasteiger partial charge in [0.1, 0.15) is 0 Å². The fraction of sp³-hybridized carbons (Fsp3) is 0.0800. The maximum absolute atomic E-state index is 12.6. The molecule has 1 N–H and O–H groups in total. The zero-order valence-corrected chi connectivity index (χ0v) is 15.9. The maximum atomic E-state index is 12.6. The summed E-state index contributed by atoms with van der Waals surface area (Å²) in [4.78, 5) is 12.6. The normalized spacial score (nSPS) is 11.2. The van der Waals surface area contributed by atoms with Crippen LogP contribution in [0.5, 0.6) is 11.5 Å². The molecule has 3 aromatic rings. The summed E-state index contributed by atoms with van der Waals surface area (Å²) >= 11 is 0. The van der Waals surface area contributed by atoms with Gasteiger partial charge in [-0.25, -0.2) is 0 Å². The first-order valence-electron chi connectivity index (χ1n) is 9.00. The lowest BCUT2D eigenvalue weighted by atomic mass is 10.0. The summed E-state index contributed by atoms with van der Waals surface area (Å²) in [6.07, 6.45) is 7.03. The van der Waals surface area contributed by atoms with Gasteiger partial charge < -0.3 is 9.84 Å². The Kier molecular flexibility index (Phi) is 6.07. The van der Waals surface area contributed by atoms with Gasteiger partial charge in [0.25, 0.3) is 0 Å². The number of carbonyl (C=O) groups is 1.